The molecule has 0 bridgehead atoms. The Morgan fingerprint density at radius 1 is 0.957 bits per heavy atom. The topological polar surface area (TPSA) is 70.8 Å². The fraction of sp³-hybridized carbons (Fsp3) is 0.0588. The molecular formula is C17H13NO4S. The number of phenols is 1. The first-order chi connectivity index (χ1) is 11.0. The minimum atomic E-state index is -3.65. The van der Waals surface area contributed by atoms with E-state index in [2.05, 4.69) is 0 Å². The van der Waals surface area contributed by atoms with Gasteiger partial charge in [-0.1, -0.05) is 24.3 Å². The van der Waals surface area contributed by atoms with Gasteiger partial charge in [0.25, 0.3) is 0 Å². The molecule has 0 aliphatic carbocycles. The third-order valence-electron chi connectivity index (χ3n) is 3.81. The third kappa shape index (κ3) is 1.88. The fourth-order valence-electron chi connectivity index (χ4n) is 2.82. The Bertz CT molecular complexity index is 1020. The monoisotopic (exact) mass is 327 g/mol. The summed E-state index contributed by atoms with van der Waals surface area (Å²) >= 11 is 0. The van der Waals surface area contributed by atoms with Gasteiger partial charge in [0.1, 0.15) is 16.4 Å². The average Bonchev–Trinajstić information content (AvgIpc) is 2.92. The molecule has 4 rings (SSSR count). The van der Waals surface area contributed by atoms with Crippen LogP contribution >= 0.6 is 0 Å². The van der Waals surface area contributed by atoms with Crippen LogP contribution in [-0.4, -0.2) is 13.5 Å². The molecule has 116 valence electrons. The van der Waals surface area contributed by atoms with Crippen LogP contribution in [0.2, 0.25) is 0 Å². The molecule has 2 heterocycles. The van der Waals surface area contributed by atoms with Crippen molar-refractivity contribution in [3.8, 4) is 5.75 Å². The highest BCUT2D eigenvalue weighted by Gasteiger charge is 2.38. The lowest BCUT2D eigenvalue weighted by Gasteiger charge is -2.29. The molecule has 0 amide bonds. The van der Waals surface area contributed by atoms with Crippen molar-refractivity contribution < 1.29 is 17.9 Å². The van der Waals surface area contributed by atoms with E-state index in [0.29, 0.717) is 17.1 Å². The quantitative estimate of drug-likeness (QED) is 0.574. The number of aromatic hydroxyl groups is 1. The Kier molecular flexibility index (Phi) is 2.80. The molecular weight excluding hydrogens is 314 g/mol. The molecule has 23 heavy (non-hydrogen) atoms. The van der Waals surface area contributed by atoms with Gasteiger partial charge in [-0.3, -0.25) is 4.90 Å². The van der Waals surface area contributed by atoms with Crippen LogP contribution < -0.4 is 4.90 Å². The number of para-hydroxylation sites is 3. The van der Waals surface area contributed by atoms with Crippen molar-refractivity contribution in [2.75, 3.05) is 4.90 Å². The van der Waals surface area contributed by atoms with Crippen LogP contribution in [0.4, 0.5) is 17.3 Å². The Hall–Kier alpha value is -2.73. The molecule has 0 spiro atoms. The summed E-state index contributed by atoms with van der Waals surface area (Å²) in [7, 11) is -3.65. The number of sulfone groups is 1. The van der Waals surface area contributed by atoms with Gasteiger partial charge in [0.05, 0.1) is 16.3 Å². The van der Waals surface area contributed by atoms with Crippen molar-refractivity contribution in [2.45, 2.75) is 16.7 Å². The lowest BCUT2D eigenvalue weighted by molar-refractivity contribution is 0.473. The molecule has 6 heteroatoms. The fourth-order valence-corrected chi connectivity index (χ4v) is 4.43. The smallest absolute Gasteiger partial charge is 0.224 e. The van der Waals surface area contributed by atoms with Crippen molar-refractivity contribution in [2.24, 2.45) is 0 Å². The van der Waals surface area contributed by atoms with Crippen molar-refractivity contribution in [1.29, 1.82) is 0 Å². The normalized spacial score (nSPS) is 15.1. The number of fused-ring (bicyclic) bond motifs is 2. The summed E-state index contributed by atoms with van der Waals surface area (Å²) in [6, 6.07) is 14.9. The lowest BCUT2D eigenvalue weighted by atomic mass is 10.2. The third-order valence-corrected chi connectivity index (χ3v) is 5.61. The van der Waals surface area contributed by atoms with Gasteiger partial charge in [-0.15, -0.1) is 0 Å². The SMILES string of the molecule is Cc1cc2c(o1)N(c1ccccc1O)c1ccccc1S2(=O)=O. The predicted octanol–water partition coefficient (Wildman–Crippen LogP) is 3.91. The lowest BCUT2D eigenvalue weighted by Crippen LogP contribution is -2.20. The van der Waals surface area contributed by atoms with E-state index in [-0.39, 0.29) is 21.4 Å². The molecule has 1 aromatic heterocycles. The van der Waals surface area contributed by atoms with E-state index in [4.69, 9.17) is 4.42 Å². The number of rotatable bonds is 1. The second-order valence-corrected chi connectivity index (χ2v) is 7.21. The highest BCUT2D eigenvalue weighted by Crippen LogP contribution is 2.50. The second kappa shape index (κ2) is 4.63. The van der Waals surface area contributed by atoms with Gasteiger partial charge < -0.3 is 9.52 Å². The number of anilines is 3. The average molecular weight is 327 g/mol. The Labute approximate surface area is 133 Å². The van der Waals surface area contributed by atoms with Crippen LogP contribution in [-0.2, 0) is 9.84 Å². The molecule has 0 fully saturated rings. The largest absolute Gasteiger partial charge is 0.506 e. The zero-order chi connectivity index (χ0) is 16.2. The van der Waals surface area contributed by atoms with Crippen molar-refractivity contribution in [3.05, 3.63) is 60.4 Å². The molecule has 1 aliphatic rings. The summed E-state index contributed by atoms with van der Waals surface area (Å²) in [6.45, 7) is 1.70. The van der Waals surface area contributed by atoms with Gasteiger partial charge in [-0.05, 0) is 31.2 Å². The molecule has 5 nitrogen and oxygen atoms in total. The summed E-state index contributed by atoms with van der Waals surface area (Å²) in [6.07, 6.45) is 0. The number of hydrogen-bond donors (Lipinski definition) is 1. The van der Waals surface area contributed by atoms with Crippen molar-refractivity contribution in [1.82, 2.24) is 0 Å². The number of furan rings is 1. The predicted molar refractivity (Wildman–Crippen MR) is 85.2 cm³/mol. The van der Waals surface area contributed by atoms with E-state index < -0.39 is 9.84 Å². The maximum atomic E-state index is 12.8. The van der Waals surface area contributed by atoms with Gasteiger partial charge in [0.15, 0.2) is 0 Å². The van der Waals surface area contributed by atoms with Gasteiger partial charge in [0.2, 0.25) is 15.7 Å². The molecule has 3 aromatic rings. The van der Waals surface area contributed by atoms with Gasteiger partial charge in [0, 0.05) is 6.07 Å². The molecule has 0 saturated carbocycles. The summed E-state index contributed by atoms with van der Waals surface area (Å²) in [5.41, 5.74) is 0.918. The van der Waals surface area contributed by atoms with Gasteiger partial charge >= 0.3 is 0 Å². The van der Waals surface area contributed by atoms with Crippen LogP contribution in [0.15, 0.2) is 68.8 Å². The molecule has 1 N–H and O–H groups in total. The molecule has 2 aromatic carbocycles. The number of hydrogen-bond acceptors (Lipinski definition) is 5. The van der Waals surface area contributed by atoms with E-state index >= 15 is 0 Å². The van der Waals surface area contributed by atoms with Crippen LogP contribution in [0.5, 0.6) is 5.75 Å². The number of nitrogens with zero attached hydrogens (tertiary/aromatic N) is 1. The highest BCUT2D eigenvalue weighted by molar-refractivity contribution is 7.92. The molecule has 0 radical (unpaired) electrons. The van der Waals surface area contributed by atoms with Crippen molar-refractivity contribution >= 4 is 27.1 Å². The Balaban J connectivity index is 2.11. The van der Waals surface area contributed by atoms with E-state index in [0.717, 1.165) is 0 Å². The summed E-state index contributed by atoms with van der Waals surface area (Å²) in [5, 5.41) is 10.2. The second-order valence-electron chi connectivity index (χ2n) is 5.32. The first-order valence-electron chi connectivity index (χ1n) is 7.03. The summed E-state index contributed by atoms with van der Waals surface area (Å²) < 4.78 is 31.3. The van der Waals surface area contributed by atoms with Crippen LogP contribution in [0.1, 0.15) is 5.76 Å². The van der Waals surface area contributed by atoms with E-state index in [1.165, 1.54) is 6.07 Å². The number of phenolic OH excluding ortho intramolecular Hbond substituents is 1. The summed E-state index contributed by atoms with van der Waals surface area (Å²) in [5.74, 6) is 0.733. The van der Waals surface area contributed by atoms with Crippen LogP contribution in [0.3, 0.4) is 0 Å². The number of aryl methyl sites for hydroxylation is 1. The minimum absolute atomic E-state index is 0.0432. The van der Waals surface area contributed by atoms with E-state index in [1.807, 2.05) is 0 Å². The Morgan fingerprint density at radius 3 is 2.35 bits per heavy atom. The first-order valence-corrected chi connectivity index (χ1v) is 8.51. The highest BCUT2D eigenvalue weighted by atomic mass is 32.2. The van der Waals surface area contributed by atoms with E-state index in [9.17, 15) is 13.5 Å². The molecule has 0 atom stereocenters. The molecule has 0 unspecified atom stereocenters. The number of benzene rings is 2. The zero-order valence-electron chi connectivity index (χ0n) is 12.2. The molecule has 0 saturated heterocycles. The standard InChI is InChI=1S/C17H13NO4S/c1-11-10-16-17(22-11)18(12-6-2-4-8-14(12)19)13-7-3-5-9-15(13)23(16,20)21/h2-10,19H,1H3. The zero-order valence-corrected chi connectivity index (χ0v) is 13.0. The Morgan fingerprint density at radius 2 is 1.61 bits per heavy atom. The van der Waals surface area contributed by atoms with Crippen LogP contribution in [0.25, 0.3) is 0 Å². The summed E-state index contributed by atoms with van der Waals surface area (Å²) in [4.78, 5) is 1.93. The maximum absolute atomic E-state index is 12.8. The molecule has 1 aliphatic heterocycles. The van der Waals surface area contributed by atoms with Gasteiger partial charge in [-0.2, -0.15) is 0 Å². The van der Waals surface area contributed by atoms with E-state index in [1.54, 1.807) is 60.4 Å². The van der Waals surface area contributed by atoms with Crippen molar-refractivity contribution in [3.63, 3.8) is 0 Å². The minimum Gasteiger partial charge on any atom is -0.506 e. The maximum Gasteiger partial charge on any atom is 0.224 e. The van der Waals surface area contributed by atoms with Gasteiger partial charge in [-0.25, -0.2) is 8.42 Å². The van der Waals surface area contributed by atoms with Crippen LogP contribution in [0, 0.1) is 6.92 Å². The first kappa shape index (κ1) is 13.9.